The molecule has 0 amide bonds. The van der Waals surface area contributed by atoms with Crippen LogP contribution in [0.15, 0.2) is 48.2 Å². The Morgan fingerprint density at radius 1 is 1.15 bits per heavy atom. The van der Waals surface area contributed by atoms with E-state index in [2.05, 4.69) is 20.9 Å². The molecule has 0 saturated carbocycles. The minimum Gasteiger partial charge on any atom is -0.370 e. The van der Waals surface area contributed by atoms with Gasteiger partial charge in [0.05, 0.1) is 16.8 Å². The van der Waals surface area contributed by atoms with Crippen LogP contribution in [-0.4, -0.2) is 23.1 Å². The van der Waals surface area contributed by atoms with E-state index in [1.54, 1.807) is 17.4 Å². The van der Waals surface area contributed by atoms with Crippen molar-refractivity contribution < 1.29 is 4.39 Å². The molecule has 0 radical (unpaired) electrons. The molecule has 1 aliphatic heterocycles. The van der Waals surface area contributed by atoms with Crippen molar-refractivity contribution in [3.05, 3.63) is 64.6 Å². The number of piperidine rings is 1. The molecule has 0 N–H and O–H groups in total. The highest BCUT2D eigenvalue weighted by atomic mass is 32.1. The second-order valence-electron chi connectivity index (χ2n) is 6.35. The van der Waals surface area contributed by atoms with Crippen molar-refractivity contribution in [1.29, 1.82) is 5.26 Å². The summed E-state index contributed by atoms with van der Waals surface area (Å²) in [5.41, 5.74) is 5.19. The Labute approximate surface area is 155 Å². The lowest BCUT2D eigenvalue weighted by molar-refractivity contribution is 0.511. The predicted octanol–water partition coefficient (Wildman–Crippen LogP) is 4.60. The van der Waals surface area contributed by atoms with E-state index in [9.17, 15) is 9.65 Å². The molecule has 0 unspecified atom stereocenters. The summed E-state index contributed by atoms with van der Waals surface area (Å²) in [4.78, 5) is 11.6. The number of benzene rings is 1. The van der Waals surface area contributed by atoms with Gasteiger partial charge in [-0.05, 0) is 37.0 Å². The monoisotopic (exact) mass is 364 g/mol. The third kappa shape index (κ3) is 3.18. The highest BCUT2D eigenvalue weighted by molar-refractivity contribution is 7.09. The van der Waals surface area contributed by atoms with Crippen LogP contribution in [0, 0.1) is 17.3 Å². The van der Waals surface area contributed by atoms with E-state index in [0.717, 1.165) is 42.7 Å². The Kier molecular flexibility index (Phi) is 4.63. The number of nitriles is 1. The lowest BCUT2D eigenvalue weighted by Gasteiger charge is -2.35. The maximum Gasteiger partial charge on any atom is 0.212 e. The quantitative estimate of drug-likeness (QED) is 0.637. The van der Waals surface area contributed by atoms with Gasteiger partial charge in [0.1, 0.15) is 6.07 Å². The fourth-order valence-electron chi connectivity index (χ4n) is 3.56. The molecule has 4 rings (SSSR count). The minimum absolute atomic E-state index is 0.503. The van der Waals surface area contributed by atoms with Gasteiger partial charge in [-0.25, -0.2) is 4.98 Å². The van der Waals surface area contributed by atoms with Crippen molar-refractivity contribution in [1.82, 2.24) is 9.97 Å². The van der Waals surface area contributed by atoms with Crippen LogP contribution < -0.4 is 4.90 Å². The van der Waals surface area contributed by atoms with E-state index in [1.165, 1.54) is 17.1 Å². The third-order valence-corrected chi connectivity index (χ3v) is 5.80. The van der Waals surface area contributed by atoms with Gasteiger partial charge in [-0.1, -0.05) is 12.1 Å². The number of thiazole rings is 1. The maximum absolute atomic E-state index is 13.2. The number of halogens is 1. The van der Waals surface area contributed by atoms with Crippen LogP contribution in [0.3, 0.4) is 0 Å². The number of para-hydroxylation sites is 1. The number of pyridine rings is 1. The lowest BCUT2D eigenvalue weighted by atomic mass is 9.93. The molecule has 2 aromatic heterocycles. The van der Waals surface area contributed by atoms with Crippen molar-refractivity contribution in [3.8, 4) is 17.2 Å². The Bertz CT molecular complexity index is 923. The molecule has 0 aliphatic carbocycles. The van der Waals surface area contributed by atoms with E-state index in [0.29, 0.717) is 11.5 Å². The number of aromatic nitrogens is 2. The molecule has 4 nitrogen and oxygen atoms in total. The molecule has 3 aromatic rings. The first-order chi connectivity index (χ1) is 12.8. The molecule has 6 heteroatoms. The summed E-state index contributed by atoms with van der Waals surface area (Å²) in [6.07, 6.45) is 5.55. The van der Waals surface area contributed by atoms with Gasteiger partial charge in [-0.3, -0.25) is 4.98 Å². The summed E-state index contributed by atoms with van der Waals surface area (Å²) in [6, 6.07) is 11.1. The topological polar surface area (TPSA) is 52.8 Å². The molecule has 0 bridgehead atoms. The fourth-order valence-corrected chi connectivity index (χ4v) is 4.35. The second-order valence-corrected chi connectivity index (χ2v) is 7.27. The average molecular weight is 364 g/mol. The van der Waals surface area contributed by atoms with Gasteiger partial charge in [-0.2, -0.15) is 9.65 Å². The van der Waals surface area contributed by atoms with Crippen LogP contribution in [0.1, 0.15) is 29.2 Å². The van der Waals surface area contributed by atoms with Gasteiger partial charge in [0.25, 0.3) is 0 Å². The van der Waals surface area contributed by atoms with E-state index in [1.807, 2.05) is 29.9 Å². The second kappa shape index (κ2) is 7.22. The highest BCUT2D eigenvalue weighted by Crippen LogP contribution is 2.38. The Hall–Kier alpha value is -2.78. The standard InChI is InChI=1S/C20H17FN4S/c21-19-5-4-16(11-24-19)17-3-1-2-15(10-22)20(17)25-8-6-14(7-9-25)18-12-23-13-26-18/h1-5,11-14H,6-9H2. The van der Waals surface area contributed by atoms with Crippen LogP contribution in [0.2, 0.25) is 0 Å². The van der Waals surface area contributed by atoms with Gasteiger partial charge in [0.15, 0.2) is 0 Å². The smallest absolute Gasteiger partial charge is 0.212 e. The summed E-state index contributed by atoms with van der Waals surface area (Å²) in [5.74, 6) is 0.0287. The van der Waals surface area contributed by atoms with E-state index in [4.69, 9.17) is 0 Å². The van der Waals surface area contributed by atoms with Crippen LogP contribution in [0.4, 0.5) is 10.1 Å². The van der Waals surface area contributed by atoms with E-state index >= 15 is 0 Å². The van der Waals surface area contributed by atoms with Crippen LogP contribution in [0.5, 0.6) is 0 Å². The zero-order chi connectivity index (χ0) is 17.9. The van der Waals surface area contributed by atoms with Crippen molar-refractivity contribution in [2.24, 2.45) is 0 Å². The van der Waals surface area contributed by atoms with Crippen molar-refractivity contribution in [3.63, 3.8) is 0 Å². The van der Waals surface area contributed by atoms with Gasteiger partial charge >= 0.3 is 0 Å². The molecule has 3 heterocycles. The first kappa shape index (κ1) is 16.7. The molecule has 1 fully saturated rings. The summed E-state index contributed by atoms with van der Waals surface area (Å²) in [6.45, 7) is 1.76. The van der Waals surface area contributed by atoms with Gasteiger partial charge < -0.3 is 4.90 Å². The summed E-state index contributed by atoms with van der Waals surface area (Å²) < 4.78 is 13.2. The third-order valence-electron chi connectivity index (χ3n) is 4.86. The number of hydrogen-bond acceptors (Lipinski definition) is 5. The van der Waals surface area contributed by atoms with E-state index in [-0.39, 0.29) is 0 Å². The summed E-state index contributed by atoms with van der Waals surface area (Å²) >= 11 is 1.71. The zero-order valence-electron chi connectivity index (χ0n) is 14.1. The fraction of sp³-hybridized carbons (Fsp3) is 0.250. The number of hydrogen-bond donors (Lipinski definition) is 0. The normalized spacial score (nSPS) is 15.0. The lowest BCUT2D eigenvalue weighted by Crippen LogP contribution is -2.33. The summed E-state index contributed by atoms with van der Waals surface area (Å²) in [5, 5.41) is 9.61. The number of rotatable bonds is 3. The van der Waals surface area contributed by atoms with Crippen molar-refractivity contribution in [2.75, 3.05) is 18.0 Å². The van der Waals surface area contributed by atoms with Gasteiger partial charge in [-0.15, -0.1) is 11.3 Å². The predicted molar refractivity (Wildman–Crippen MR) is 101 cm³/mol. The van der Waals surface area contributed by atoms with Crippen molar-refractivity contribution in [2.45, 2.75) is 18.8 Å². The zero-order valence-corrected chi connectivity index (χ0v) is 14.9. The first-order valence-corrected chi connectivity index (χ1v) is 9.42. The Morgan fingerprint density at radius 3 is 2.65 bits per heavy atom. The van der Waals surface area contributed by atoms with Gasteiger partial charge in [0.2, 0.25) is 5.95 Å². The average Bonchev–Trinajstić information content (AvgIpc) is 3.23. The molecule has 0 spiro atoms. The molecule has 130 valence electrons. The molecular weight excluding hydrogens is 347 g/mol. The molecule has 0 atom stereocenters. The molecule has 1 saturated heterocycles. The first-order valence-electron chi connectivity index (χ1n) is 8.54. The maximum atomic E-state index is 13.2. The van der Waals surface area contributed by atoms with Crippen molar-refractivity contribution >= 4 is 17.0 Å². The number of nitrogens with zero attached hydrogens (tertiary/aromatic N) is 4. The number of anilines is 1. The minimum atomic E-state index is -0.503. The molecular formula is C20H17FN4S. The SMILES string of the molecule is N#Cc1cccc(-c2ccc(F)nc2)c1N1CCC(c2cncs2)CC1. The summed E-state index contributed by atoms with van der Waals surface area (Å²) in [7, 11) is 0. The van der Waals surface area contributed by atoms with Gasteiger partial charge in [0, 0.05) is 41.5 Å². The van der Waals surface area contributed by atoms with Crippen LogP contribution in [0.25, 0.3) is 11.1 Å². The molecule has 26 heavy (non-hydrogen) atoms. The largest absolute Gasteiger partial charge is 0.370 e. The highest BCUT2D eigenvalue weighted by Gasteiger charge is 2.25. The van der Waals surface area contributed by atoms with E-state index < -0.39 is 5.95 Å². The Morgan fingerprint density at radius 2 is 2.00 bits per heavy atom. The molecule has 1 aliphatic rings. The molecule has 1 aromatic carbocycles. The van der Waals surface area contributed by atoms with Crippen LogP contribution in [-0.2, 0) is 0 Å². The Balaban J connectivity index is 1.66. The van der Waals surface area contributed by atoms with Crippen LogP contribution >= 0.6 is 11.3 Å².